The lowest BCUT2D eigenvalue weighted by Gasteiger charge is -2.29. The zero-order valence-corrected chi connectivity index (χ0v) is 9.88. The maximum Gasteiger partial charge on any atom is 0.246 e. The predicted molar refractivity (Wildman–Crippen MR) is 69.3 cm³/mol. The third-order valence-electron chi connectivity index (χ3n) is 2.99. The van der Waals surface area contributed by atoms with E-state index in [0.29, 0.717) is 6.54 Å². The lowest BCUT2D eigenvalue weighted by atomic mass is 10.1. The van der Waals surface area contributed by atoms with E-state index in [-0.39, 0.29) is 11.9 Å². The van der Waals surface area contributed by atoms with Crippen molar-refractivity contribution in [1.29, 1.82) is 0 Å². The Morgan fingerprint density at radius 2 is 2.12 bits per heavy atom. The van der Waals surface area contributed by atoms with Crippen LogP contribution in [0.2, 0.25) is 0 Å². The van der Waals surface area contributed by atoms with E-state index < -0.39 is 0 Å². The lowest BCUT2D eigenvalue weighted by Crippen LogP contribution is -2.45. The van der Waals surface area contributed by atoms with E-state index in [4.69, 9.17) is 5.73 Å². The first-order valence-corrected chi connectivity index (χ1v) is 6.03. The number of likely N-dealkylation sites (tertiary alicyclic amines) is 1. The van der Waals surface area contributed by atoms with Gasteiger partial charge in [-0.15, -0.1) is 0 Å². The van der Waals surface area contributed by atoms with Gasteiger partial charge in [0.05, 0.1) is 0 Å². The number of carbonyl (C=O) groups excluding carboxylic acids is 1. The number of carbonyl (C=O) groups is 1. The largest absolute Gasteiger partial charge is 0.338 e. The van der Waals surface area contributed by atoms with Gasteiger partial charge in [0.25, 0.3) is 0 Å². The molecule has 1 aliphatic rings. The van der Waals surface area contributed by atoms with Crippen molar-refractivity contribution in [3.05, 3.63) is 42.0 Å². The molecule has 0 aromatic heterocycles. The van der Waals surface area contributed by atoms with Crippen molar-refractivity contribution >= 4 is 12.0 Å². The zero-order valence-electron chi connectivity index (χ0n) is 9.88. The van der Waals surface area contributed by atoms with Crippen molar-refractivity contribution in [2.75, 3.05) is 13.1 Å². The quantitative estimate of drug-likeness (QED) is 0.785. The second-order valence-corrected chi connectivity index (χ2v) is 4.43. The fourth-order valence-electron chi connectivity index (χ4n) is 2.05. The summed E-state index contributed by atoms with van der Waals surface area (Å²) >= 11 is 0. The van der Waals surface area contributed by atoms with E-state index in [2.05, 4.69) is 0 Å². The highest BCUT2D eigenvalue weighted by atomic mass is 16.2. The van der Waals surface area contributed by atoms with Gasteiger partial charge in [-0.1, -0.05) is 30.3 Å². The molecule has 0 spiro atoms. The van der Waals surface area contributed by atoms with E-state index >= 15 is 0 Å². The normalized spacial score (nSPS) is 20.8. The summed E-state index contributed by atoms with van der Waals surface area (Å²) < 4.78 is 0. The first-order chi connectivity index (χ1) is 8.25. The summed E-state index contributed by atoms with van der Waals surface area (Å²) in [6.07, 6.45) is 5.51. The van der Waals surface area contributed by atoms with Gasteiger partial charge in [-0.25, -0.2) is 0 Å². The monoisotopic (exact) mass is 230 g/mol. The molecule has 2 N–H and O–H groups in total. The molecule has 1 heterocycles. The molecule has 3 heteroatoms. The number of nitrogens with two attached hydrogens (primary N) is 1. The van der Waals surface area contributed by atoms with Gasteiger partial charge in [-0.2, -0.15) is 0 Å². The summed E-state index contributed by atoms with van der Waals surface area (Å²) in [6, 6.07) is 9.97. The van der Waals surface area contributed by atoms with Gasteiger partial charge in [0.15, 0.2) is 0 Å². The van der Waals surface area contributed by atoms with Gasteiger partial charge < -0.3 is 10.6 Å². The SMILES string of the molecule is NC1CCCN(C(=O)C=Cc2ccccc2)C1. The van der Waals surface area contributed by atoms with Crippen molar-refractivity contribution in [2.45, 2.75) is 18.9 Å². The van der Waals surface area contributed by atoms with Crippen molar-refractivity contribution in [3.63, 3.8) is 0 Å². The highest BCUT2D eigenvalue weighted by Gasteiger charge is 2.19. The number of benzene rings is 1. The summed E-state index contributed by atoms with van der Waals surface area (Å²) in [6.45, 7) is 1.50. The smallest absolute Gasteiger partial charge is 0.246 e. The summed E-state index contributed by atoms with van der Waals surface area (Å²) in [5.41, 5.74) is 6.90. The Morgan fingerprint density at radius 1 is 1.35 bits per heavy atom. The average molecular weight is 230 g/mol. The molecule has 90 valence electrons. The van der Waals surface area contributed by atoms with Crippen LogP contribution in [0, 0.1) is 0 Å². The van der Waals surface area contributed by atoms with Crippen LogP contribution < -0.4 is 5.73 Å². The highest BCUT2D eigenvalue weighted by molar-refractivity contribution is 5.91. The van der Waals surface area contributed by atoms with Crippen molar-refractivity contribution < 1.29 is 4.79 Å². The standard InChI is InChI=1S/C14H18N2O/c15-13-7-4-10-16(11-13)14(17)9-8-12-5-2-1-3-6-12/h1-3,5-6,8-9,13H,4,7,10-11,15H2. The van der Waals surface area contributed by atoms with E-state index in [1.807, 2.05) is 41.3 Å². The molecule has 1 saturated heterocycles. The van der Waals surface area contributed by atoms with Gasteiger partial charge in [0.1, 0.15) is 0 Å². The number of piperidine rings is 1. The molecule has 17 heavy (non-hydrogen) atoms. The molecule has 1 aliphatic heterocycles. The van der Waals surface area contributed by atoms with E-state index in [1.165, 1.54) is 0 Å². The van der Waals surface area contributed by atoms with Crippen LogP contribution >= 0.6 is 0 Å². The van der Waals surface area contributed by atoms with Gasteiger partial charge in [-0.3, -0.25) is 4.79 Å². The molecule has 1 atom stereocenters. The van der Waals surface area contributed by atoms with E-state index in [0.717, 1.165) is 24.9 Å². The molecule has 0 aliphatic carbocycles. The molecule has 0 saturated carbocycles. The van der Waals surface area contributed by atoms with Gasteiger partial charge in [-0.05, 0) is 24.5 Å². The van der Waals surface area contributed by atoms with Crippen molar-refractivity contribution in [2.24, 2.45) is 5.73 Å². The Balaban J connectivity index is 1.94. The molecule has 1 aromatic rings. The van der Waals surface area contributed by atoms with E-state index in [1.54, 1.807) is 6.08 Å². The highest BCUT2D eigenvalue weighted by Crippen LogP contribution is 2.09. The van der Waals surface area contributed by atoms with Crippen LogP contribution in [0.25, 0.3) is 6.08 Å². The minimum atomic E-state index is 0.0593. The third kappa shape index (κ3) is 3.43. The molecule has 1 unspecified atom stereocenters. The van der Waals surface area contributed by atoms with Crippen LogP contribution in [-0.2, 0) is 4.79 Å². The fourth-order valence-corrected chi connectivity index (χ4v) is 2.05. The van der Waals surface area contributed by atoms with Crippen LogP contribution in [0.15, 0.2) is 36.4 Å². The molecule has 3 nitrogen and oxygen atoms in total. The maximum atomic E-state index is 11.9. The summed E-state index contributed by atoms with van der Waals surface area (Å²) in [7, 11) is 0. The van der Waals surface area contributed by atoms with Crippen LogP contribution in [0.3, 0.4) is 0 Å². The van der Waals surface area contributed by atoms with Gasteiger partial charge in [0.2, 0.25) is 5.91 Å². The molecule has 1 fully saturated rings. The average Bonchev–Trinajstić information content (AvgIpc) is 2.37. The third-order valence-corrected chi connectivity index (χ3v) is 2.99. The number of hydrogen-bond donors (Lipinski definition) is 1. The van der Waals surface area contributed by atoms with Gasteiger partial charge in [0, 0.05) is 25.2 Å². The number of nitrogens with zero attached hydrogens (tertiary/aromatic N) is 1. The predicted octanol–water partition coefficient (Wildman–Crippen LogP) is 1.65. The minimum absolute atomic E-state index is 0.0593. The first-order valence-electron chi connectivity index (χ1n) is 6.03. The first kappa shape index (κ1) is 11.9. The summed E-state index contributed by atoms with van der Waals surface area (Å²) in [5, 5.41) is 0. The van der Waals surface area contributed by atoms with Crippen molar-refractivity contribution in [1.82, 2.24) is 4.90 Å². The lowest BCUT2D eigenvalue weighted by molar-refractivity contribution is -0.127. The Hall–Kier alpha value is -1.61. The Labute approximate surface area is 102 Å². The second-order valence-electron chi connectivity index (χ2n) is 4.43. The Kier molecular flexibility index (Phi) is 3.94. The van der Waals surface area contributed by atoms with Crippen LogP contribution in [0.5, 0.6) is 0 Å². The molecule has 0 bridgehead atoms. The molecule has 2 rings (SSSR count). The van der Waals surface area contributed by atoms with E-state index in [9.17, 15) is 4.79 Å². The van der Waals surface area contributed by atoms with Crippen LogP contribution in [0.1, 0.15) is 18.4 Å². The topological polar surface area (TPSA) is 46.3 Å². The summed E-state index contributed by atoms with van der Waals surface area (Å²) in [5.74, 6) is 0.0593. The molecular formula is C14H18N2O. The summed E-state index contributed by atoms with van der Waals surface area (Å²) in [4.78, 5) is 13.7. The number of rotatable bonds is 2. The number of hydrogen-bond acceptors (Lipinski definition) is 2. The Morgan fingerprint density at radius 3 is 2.82 bits per heavy atom. The molecule has 0 radical (unpaired) electrons. The minimum Gasteiger partial charge on any atom is -0.338 e. The fraction of sp³-hybridized carbons (Fsp3) is 0.357. The Bertz CT molecular complexity index is 400. The zero-order chi connectivity index (χ0) is 12.1. The molecular weight excluding hydrogens is 212 g/mol. The molecule has 1 aromatic carbocycles. The van der Waals surface area contributed by atoms with Crippen molar-refractivity contribution in [3.8, 4) is 0 Å². The van der Waals surface area contributed by atoms with Crippen LogP contribution in [0.4, 0.5) is 0 Å². The number of amides is 1. The second kappa shape index (κ2) is 5.64. The molecule has 1 amide bonds. The van der Waals surface area contributed by atoms with Crippen LogP contribution in [-0.4, -0.2) is 29.9 Å². The van der Waals surface area contributed by atoms with Gasteiger partial charge >= 0.3 is 0 Å². The maximum absolute atomic E-state index is 11.9.